The highest BCUT2D eigenvalue weighted by molar-refractivity contribution is 6.33. The predicted octanol–water partition coefficient (Wildman–Crippen LogP) is 5.26. The zero-order valence-corrected chi connectivity index (χ0v) is 17.7. The lowest BCUT2D eigenvalue weighted by Crippen LogP contribution is -2.40. The molecule has 2 aromatic carbocycles. The molecule has 0 aliphatic carbocycles. The number of piperidine rings is 1. The van der Waals surface area contributed by atoms with E-state index in [4.69, 9.17) is 16.1 Å². The highest BCUT2D eigenvalue weighted by atomic mass is 35.5. The molecule has 1 N–H and O–H groups in total. The van der Waals surface area contributed by atoms with E-state index < -0.39 is 11.7 Å². The largest absolute Gasteiger partial charge is 0.416 e. The maximum Gasteiger partial charge on any atom is 0.416 e. The van der Waals surface area contributed by atoms with E-state index in [1.807, 2.05) is 17.0 Å². The van der Waals surface area contributed by atoms with Gasteiger partial charge in [-0.2, -0.15) is 18.2 Å². The first kappa shape index (κ1) is 22.3. The molecule has 32 heavy (non-hydrogen) atoms. The van der Waals surface area contributed by atoms with Crippen molar-refractivity contribution in [1.29, 1.82) is 0 Å². The summed E-state index contributed by atoms with van der Waals surface area (Å²) >= 11 is 6.18. The normalized spacial score (nSPS) is 17.3. The summed E-state index contributed by atoms with van der Waals surface area (Å²) in [5.74, 6) is 0.126. The molecular weight excluding hydrogens is 445 g/mol. The Bertz CT molecular complexity index is 1100. The van der Waals surface area contributed by atoms with E-state index in [2.05, 4.69) is 15.5 Å². The lowest BCUT2D eigenvalue weighted by atomic mass is 9.97. The number of nitrogens with zero attached hydrogens (tertiary/aromatic N) is 3. The van der Waals surface area contributed by atoms with Crippen LogP contribution in [-0.4, -0.2) is 34.0 Å². The van der Waals surface area contributed by atoms with Gasteiger partial charge in [-0.3, -0.25) is 9.69 Å². The summed E-state index contributed by atoms with van der Waals surface area (Å²) in [5, 5.41) is 7.11. The predicted molar refractivity (Wildman–Crippen MR) is 113 cm³/mol. The number of rotatable bonds is 5. The number of carbonyl (C=O) groups excluding carboxylic acids is 1. The second-order valence-corrected chi connectivity index (χ2v) is 8.04. The number of likely N-dealkylation sites (tertiary alicyclic amines) is 1. The molecule has 1 amide bonds. The van der Waals surface area contributed by atoms with E-state index in [1.165, 1.54) is 12.1 Å². The molecule has 0 radical (unpaired) electrons. The number of anilines is 1. The van der Waals surface area contributed by atoms with E-state index in [0.717, 1.165) is 25.1 Å². The maximum atomic E-state index is 12.9. The van der Waals surface area contributed by atoms with Crippen molar-refractivity contribution >= 4 is 23.2 Å². The van der Waals surface area contributed by atoms with Crippen LogP contribution in [0.1, 0.15) is 24.3 Å². The van der Waals surface area contributed by atoms with Crippen molar-refractivity contribution < 1.29 is 22.5 Å². The van der Waals surface area contributed by atoms with E-state index >= 15 is 0 Å². The molecular formula is C22H20ClF3N4O2. The number of hydrogen-bond donors (Lipinski definition) is 1. The molecule has 1 unspecified atom stereocenters. The standard InChI is InChI=1S/C22H20ClF3N4O2/c23-18-9-2-1-8-17(18)20-28-19(32-29-20)13-30-10-4-5-14(12-30)21(31)27-16-7-3-6-15(11-16)22(24,25)26/h1-3,6-9,11,14H,4-5,10,12-13H2,(H,27,31). The fourth-order valence-corrected chi connectivity index (χ4v) is 3.91. The summed E-state index contributed by atoms with van der Waals surface area (Å²) in [4.78, 5) is 19.1. The van der Waals surface area contributed by atoms with Crippen LogP contribution in [0.25, 0.3) is 11.4 Å². The number of benzene rings is 2. The van der Waals surface area contributed by atoms with Crippen LogP contribution in [0.3, 0.4) is 0 Å². The molecule has 4 rings (SSSR count). The summed E-state index contributed by atoms with van der Waals surface area (Å²) in [6.07, 6.45) is -3.04. The Balaban J connectivity index is 1.38. The van der Waals surface area contributed by atoms with Gasteiger partial charge in [0.2, 0.25) is 17.6 Å². The second-order valence-electron chi connectivity index (χ2n) is 7.63. The van der Waals surface area contributed by atoms with Crippen LogP contribution in [-0.2, 0) is 17.5 Å². The zero-order chi connectivity index (χ0) is 22.7. The topological polar surface area (TPSA) is 71.3 Å². The molecule has 1 aliphatic rings. The van der Waals surface area contributed by atoms with Crippen molar-refractivity contribution in [2.75, 3.05) is 18.4 Å². The van der Waals surface area contributed by atoms with Crippen molar-refractivity contribution in [2.24, 2.45) is 5.92 Å². The summed E-state index contributed by atoms with van der Waals surface area (Å²) < 4.78 is 44.1. The number of halogens is 4. The zero-order valence-electron chi connectivity index (χ0n) is 16.9. The third-order valence-electron chi connectivity index (χ3n) is 5.28. The lowest BCUT2D eigenvalue weighted by Gasteiger charge is -2.30. The fourth-order valence-electron chi connectivity index (χ4n) is 3.69. The fraction of sp³-hybridized carbons (Fsp3) is 0.318. The highest BCUT2D eigenvalue weighted by Gasteiger charge is 2.31. The van der Waals surface area contributed by atoms with Gasteiger partial charge in [0.1, 0.15) is 0 Å². The average Bonchev–Trinajstić information content (AvgIpc) is 3.22. The molecule has 0 bridgehead atoms. The Morgan fingerprint density at radius 2 is 2.03 bits per heavy atom. The van der Waals surface area contributed by atoms with Crippen molar-refractivity contribution in [3.63, 3.8) is 0 Å². The first-order valence-electron chi connectivity index (χ1n) is 10.1. The minimum atomic E-state index is -4.46. The molecule has 2 heterocycles. The molecule has 0 saturated carbocycles. The number of hydrogen-bond acceptors (Lipinski definition) is 5. The molecule has 3 aromatic rings. The minimum Gasteiger partial charge on any atom is -0.338 e. The van der Waals surface area contributed by atoms with Gasteiger partial charge in [0, 0.05) is 17.8 Å². The van der Waals surface area contributed by atoms with Gasteiger partial charge in [0.05, 0.1) is 23.0 Å². The molecule has 1 atom stereocenters. The quantitative estimate of drug-likeness (QED) is 0.557. The summed E-state index contributed by atoms with van der Waals surface area (Å²) in [6, 6.07) is 11.8. The molecule has 1 fully saturated rings. The van der Waals surface area contributed by atoms with Gasteiger partial charge >= 0.3 is 6.18 Å². The minimum absolute atomic E-state index is 0.128. The monoisotopic (exact) mass is 464 g/mol. The van der Waals surface area contributed by atoms with E-state index in [9.17, 15) is 18.0 Å². The number of amides is 1. The van der Waals surface area contributed by atoms with Crippen LogP contribution in [0.4, 0.5) is 18.9 Å². The van der Waals surface area contributed by atoms with E-state index in [0.29, 0.717) is 41.8 Å². The van der Waals surface area contributed by atoms with Crippen LogP contribution in [0, 0.1) is 5.92 Å². The van der Waals surface area contributed by atoms with Gasteiger partial charge in [-0.1, -0.05) is 35.0 Å². The van der Waals surface area contributed by atoms with Gasteiger partial charge in [-0.15, -0.1) is 0 Å². The number of carbonyl (C=O) groups is 1. The third-order valence-corrected chi connectivity index (χ3v) is 5.61. The Morgan fingerprint density at radius 1 is 1.22 bits per heavy atom. The van der Waals surface area contributed by atoms with Gasteiger partial charge in [-0.05, 0) is 49.7 Å². The van der Waals surface area contributed by atoms with E-state index in [-0.39, 0.29) is 17.5 Å². The Hall–Kier alpha value is -2.91. The Labute approximate surface area is 187 Å². The first-order chi connectivity index (χ1) is 15.3. The van der Waals surface area contributed by atoms with Crippen LogP contribution < -0.4 is 5.32 Å². The van der Waals surface area contributed by atoms with Crippen LogP contribution in [0.15, 0.2) is 53.1 Å². The number of alkyl halides is 3. The molecule has 6 nitrogen and oxygen atoms in total. The molecule has 1 saturated heterocycles. The Morgan fingerprint density at radius 3 is 2.81 bits per heavy atom. The van der Waals surface area contributed by atoms with Crippen molar-refractivity contribution in [1.82, 2.24) is 15.0 Å². The van der Waals surface area contributed by atoms with Gasteiger partial charge < -0.3 is 9.84 Å². The molecule has 1 aliphatic heterocycles. The molecule has 168 valence electrons. The SMILES string of the molecule is O=C(Nc1cccc(C(F)(F)F)c1)C1CCCN(Cc2nc(-c3ccccc3Cl)no2)C1. The molecule has 1 aromatic heterocycles. The third kappa shape index (κ3) is 5.28. The van der Waals surface area contributed by atoms with Crippen molar-refractivity contribution in [3.8, 4) is 11.4 Å². The first-order valence-corrected chi connectivity index (χ1v) is 10.5. The molecule has 0 spiro atoms. The van der Waals surface area contributed by atoms with Crippen molar-refractivity contribution in [2.45, 2.75) is 25.6 Å². The number of nitrogens with one attached hydrogen (secondary N) is 1. The van der Waals surface area contributed by atoms with Gasteiger partial charge in [0.25, 0.3) is 0 Å². The van der Waals surface area contributed by atoms with Crippen molar-refractivity contribution in [3.05, 3.63) is 65.0 Å². The summed E-state index contributed by atoms with van der Waals surface area (Å²) in [6.45, 7) is 1.55. The summed E-state index contributed by atoms with van der Waals surface area (Å²) in [5.41, 5.74) is -0.00401. The van der Waals surface area contributed by atoms with Gasteiger partial charge in [0.15, 0.2) is 0 Å². The van der Waals surface area contributed by atoms with Crippen LogP contribution in [0.2, 0.25) is 5.02 Å². The van der Waals surface area contributed by atoms with E-state index in [1.54, 1.807) is 12.1 Å². The van der Waals surface area contributed by atoms with Gasteiger partial charge in [-0.25, -0.2) is 0 Å². The highest BCUT2D eigenvalue weighted by Crippen LogP contribution is 2.31. The van der Waals surface area contributed by atoms with Crippen LogP contribution in [0.5, 0.6) is 0 Å². The average molecular weight is 465 g/mol. The Kier molecular flexibility index (Phi) is 6.48. The maximum absolute atomic E-state index is 12.9. The van der Waals surface area contributed by atoms with Crippen LogP contribution >= 0.6 is 11.6 Å². The lowest BCUT2D eigenvalue weighted by molar-refractivity contribution is -0.137. The molecule has 10 heteroatoms. The second kappa shape index (κ2) is 9.30. The smallest absolute Gasteiger partial charge is 0.338 e. The summed E-state index contributed by atoms with van der Waals surface area (Å²) in [7, 11) is 0. The number of aromatic nitrogens is 2.